The van der Waals surface area contributed by atoms with Crippen molar-refractivity contribution < 1.29 is 12.6 Å². The normalized spacial score (nSPS) is 15.1. The van der Waals surface area contributed by atoms with Crippen LogP contribution >= 0.6 is 0 Å². The van der Waals surface area contributed by atoms with Crippen molar-refractivity contribution in [1.29, 1.82) is 0 Å². The van der Waals surface area contributed by atoms with Crippen LogP contribution in [0.5, 0.6) is 0 Å². The first-order valence-electron chi connectivity index (χ1n) is 12.7. The van der Waals surface area contributed by atoms with Gasteiger partial charge < -0.3 is 9.47 Å². The third kappa shape index (κ3) is 5.28. The molecule has 2 aromatic carbocycles. The monoisotopic (exact) mass is 518 g/mol. The number of rotatable bonds is 7. The average Bonchev–Trinajstić information content (AvgIpc) is 3.24. The first kappa shape index (κ1) is 25.4. The molecule has 0 atom stereocenters. The molecule has 0 bridgehead atoms. The predicted molar refractivity (Wildman–Crippen MR) is 149 cm³/mol. The van der Waals surface area contributed by atoms with Crippen molar-refractivity contribution in [2.45, 2.75) is 18.7 Å². The average molecular weight is 519 g/mol. The second kappa shape index (κ2) is 10.3. The Morgan fingerprint density at radius 2 is 1.54 bits per heavy atom. The zero-order valence-electron chi connectivity index (χ0n) is 21.9. The van der Waals surface area contributed by atoms with Gasteiger partial charge in [-0.05, 0) is 53.4 Å². The Bertz CT molecular complexity index is 1480. The molecule has 0 N–H and O–H groups in total. The van der Waals surface area contributed by atoms with Gasteiger partial charge in [-0.3, -0.25) is 14.1 Å². The number of hydrogen-bond donors (Lipinski definition) is 0. The third-order valence-electron chi connectivity index (χ3n) is 7.11. The molecule has 0 amide bonds. The molecule has 1 aliphatic rings. The van der Waals surface area contributed by atoms with Crippen LogP contribution in [0.25, 0.3) is 33.4 Å². The topological polar surface area (TPSA) is 67.7 Å². The molecule has 2 aromatic heterocycles. The van der Waals surface area contributed by atoms with Crippen molar-refractivity contribution in [2.24, 2.45) is 13.0 Å². The van der Waals surface area contributed by atoms with E-state index in [1.807, 2.05) is 19.3 Å². The summed E-state index contributed by atoms with van der Waals surface area (Å²) in [6, 6.07) is 19.7. The summed E-state index contributed by atoms with van der Waals surface area (Å²) >= 11 is 0. The van der Waals surface area contributed by atoms with E-state index in [-0.39, 0.29) is 4.90 Å². The zero-order chi connectivity index (χ0) is 26.2. The molecule has 7 nitrogen and oxygen atoms in total. The number of anilines is 1. The van der Waals surface area contributed by atoms with Crippen LogP contribution in [0.3, 0.4) is 0 Å². The van der Waals surface area contributed by atoms with E-state index < -0.39 is 10.1 Å². The molecule has 1 aliphatic heterocycles. The molecule has 8 heteroatoms. The first-order chi connectivity index (χ1) is 17.7. The van der Waals surface area contributed by atoms with Gasteiger partial charge in [0.1, 0.15) is 0 Å². The van der Waals surface area contributed by atoms with Crippen LogP contribution in [-0.4, -0.2) is 62.7 Å². The van der Waals surface area contributed by atoms with Crippen LogP contribution in [-0.2, 0) is 21.3 Å². The minimum Gasteiger partial charge on any atom is -0.369 e. The second-order valence-electron chi connectivity index (χ2n) is 10.1. The van der Waals surface area contributed by atoms with Gasteiger partial charge in [-0.25, -0.2) is 0 Å². The van der Waals surface area contributed by atoms with Gasteiger partial charge in [0.05, 0.1) is 28.7 Å². The number of piperazine rings is 1. The fourth-order valence-corrected chi connectivity index (χ4v) is 5.75. The Labute approximate surface area is 219 Å². The number of aryl methyl sites for hydroxylation is 1. The quantitative estimate of drug-likeness (QED) is 0.320. The molecule has 0 saturated carbocycles. The fraction of sp³-hybridized carbons (Fsp3) is 0.345. The van der Waals surface area contributed by atoms with Crippen LogP contribution in [0.2, 0.25) is 0 Å². The number of fused-ring (bicyclic) bond motifs is 1. The van der Waals surface area contributed by atoms with Crippen molar-refractivity contribution in [3.8, 4) is 22.4 Å². The molecule has 0 spiro atoms. The SMILES string of the molecule is COS(=O)(=O)c1ccc(-c2cc3ncc(-c4ccc(N5CCN(CC(C)C)CC5)cc4)cc3n2C)cc1. The minimum atomic E-state index is -3.71. The van der Waals surface area contributed by atoms with Crippen molar-refractivity contribution in [3.05, 3.63) is 66.9 Å². The standard InChI is InChI=1S/C29H34N4O3S/c1-21(2)20-32-13-15-33(16-14-32)25-9-5-22(6-10-25)24-17-29-27(30-19-24)18-28(31(29)3)23-7-11-26(12-8-23)37(34,35)36-4/h5-12,17-19,21H,13-16,20H2,1-4H3. The molecular formula is C29H34N4O3S. The van der Waals surface area contributed by atoms with E-state index in [0.717, 1.165) is 59.6 Å². The summed E-state index contributed by atoms with van der Waals surface area (Å²) < 4.78 is 30.6. The Balaban J connectivity index is 1.35. The van der Waals surface area contributed by atoms with Gasteiger partial charge in [0.25, 0.3) is 10.1 Å². The minimum absolute atomic E-state index is 0.138. The van der Waals surface area contributed by atoms with Crippen molar-refractivity contribution in [1.82, 2.24) is 14.5 Å². The van der Waals surface area contributed by atoms with E-state index in [9.17, 15) is 8.42 Å². The van der Waals surface area contributed by atoms with Gasteiger partial charge in [0.15, 0.2) is 0 Å². The van der Waals surface area contributed by atoms with Crippen LogP contribution in [0.4, 0.5) is 5.69 Å². The maximum absolute atomic E-state index is 11.9. The molecule has 1 saturated heterocycles. The highest BCUT2D eigenvalue weighted by Gasteiger charge is 2.18. The number of pyridine rings is 1. The van der Waals surface area contributed by atoms with Gasteiger partial charge >= 0.3 is 0 Å². The third-order valence-corrected chi connectivity index (χ3v) is 8.40. The predicted octanol–water partition coefficient (Wildman–Crippen LogP) is 5.02. The molecule has 0 aliphatic carbocycles. The van der Waals surface area contributed by atoms with Crippen molar-refractivity contribution in [3.63, 3.8) is 0 Å². The number of benzene rings is 2. The highest BCUT2D eigenvalue weighted by atomic mass is 32.2. The van der Waals surface area contributed by atoms with E-state index in [4.69, 9.17) is 4.98 Å². The molecule has 5 rings (SSSR count). The highest BCUT2D eigenvalue weighted by Crippen LogP contribution is 2.31. The summed E-state index contributed by atoms with van der Waals surface area (Å²) in [6.07, 6.45) is 1.92. The second-order valence-corrected chi connectivity index (χ2v) is 11.8. The molecule has 0 radical (unpaired) electrons. The summed E-state index contributed by atoms with van der Waals surface area (Å²) in [7, 11) is -0.539. The maximum atomic E-state index is 11.9. The summed E-state index contributed by atoms with van der Waals surface area (Å²) in [6.45, 7) is 10.1. The summed E-state index contributed by atoms with van der Waals surface area (Å²) in [4.78, 5) is 9.89. The smallest absolute Gasteiger partial charge is 0.296 e. The van der Waals surface area contributed by atoms with E-state index in [1.54, 1.807) is 24.3 Å². The van der Waals surface area contributed by atoms with E-state index in [1.165, 1.54) is 19.3 Å². The zero-order valence-corrected chi connectivity index (χ0v) is 22.7. The Morgan fingerprint density at radius 3 is 2.16 bits per heavy atom. The Kier molecular flexibility index (Phi) is 7.07. The van der Waals surface area contributed by atoms with Crippen molar-refractivity contribution in [2.75, 3.05) is 44.7 Å². The summed E-state index contributed by atoms with van der Waals surface area (Å²) in [5.74, 6) is 0.706. The lowest BCUT2D eigenvalue weighted by Gasteiger charge is -2.36. The Hall–Kier alpha value is -3.20. The Morgan fingerprint density at radius 1 is 0.892 bits per heavy atom. The lowest BCUT2D eigenvalue weighted by Crippen LogP contribution is -2.47. The largest absolute Gasteiger partial charge is 0.369 e. The molecule has 3 heterocycles. The number of aromatic nitrogens is 2. The van der Waals surface area contributed by atoms with Gasteiger partial charge in [0, 0.05) is 57.2 Å². The highest BCUT2D eigenvalue weighted by molar-refractivity contribution is 7.86. The maximum Gasteiger partial charge on any atom is 0.296 e. The van der Waals surface area contributed by atoms with E-state index in [0.29, 0.717) is 5.92 Å². The molecule has 4 aromatic rings. The lowest BCUT2D eigenvalue weighted by atomic mass is 10.1. The molecule has 0 unspecified atom stereocenters. The van der Waals surface area contributed by atoms with Crippen molar-refractivity contribution >= 4 is 26.8 Å². The molecule has 37 heavy (non-hydrogen) atoms. The van der Waals surface area contributed by atoms with E-state index in [2.05, 4.69) is 62.7 Å². The van der Waals surface area contributed by atoms with Crippen LogP contribution < -0.4 is 4.90 Å². The molecule has 194 valence electrons. The van der Waals surface area contributed by atoms with E-state index >= 15 is 0 Å². The lowest BCUT2D eigenvalue weighted by molar-refractivity contribution is 0.231. The fourth-order valence-electron chi connectivity index (χ4n) is 5.09. The van der Waals surface area contributed by atoms with Gasteiger partial charge in [0.2, 0.25) is 0 Å². The first-order valence-corrected chi connectivity index (χ1v) is 14.1. The van der Waals surface area contributed by atoms with Crippen LogP contribution in [0.15, 0.2) is 71.8 Å². The number of nitrogens with zero attached hydrogens (tertiary/aromatic N) is 4. The van der Waals surface area contributed by atoms with Gasteiger partial charge in [-0.2, -0.15) is 8.42 Å². The summed E-state index contributed by atoms with van der Waals surface area (Å²) in [5, 5.41) is 0. The van der Waals surface area contributed by atoms with Crippen LogP contribution in [0, 0.1) is 5.92 Å². The van der Waals surface area contributed by atoms with Gasteiger partial charge in [-0.1, -0.05) is 38.1 Å². The molecule has 1 fully saturated rings. The number of hydrogen-bond acceptors (Lipinski definition) is 6. The molecular weight excluding hydrogens is 484 g/mol. The summed E-state index contributed by atoms with van der Waals surface area (Å²) in [5.41, 5.74) is 7.26. The van der Waals surface area contributed by atoms with Crippen LogP contribution in [0.1, 0.15) is 13.8 Å². The van der Waals surface area contributed by atoms with Gasteiger partial charge in [-0.15, -0.1) is 0 Å².